The molecule has 280 valence electrons. The lowest BCUT2D eigenvalue weighted by Gasteiger charge is -2.04. The Hall–Kier alpha value is -5.42. The van der Waals surface area contributed by atoms with Gasteiger partial charge in [-0.15, -0.1) is 0 Å². The molecule has 2 amide bonds. The van der Waals surface area contributed by atoms with Crippen LogP contribution in [0, 0.1) is 0 Å². The number of carboxylic acid groups (broad SMARTS) is 5. The van der Waals surface area contributed by atoms with Gasteiger partial charge in [0, 0.05) is 19.4 Å². The van der Waals surface area contributed by atoms with Crippen LogP contribution in [0.5, 0.6) is 0 Å². The maximum absolute atomic E-state index is 10.4. The van der Waals surface area contributed by atoms with Gasteiger partial charge in [0.1, 0.15) is 24.2 Å². The van der Waals surface area contributed by atoms with E-state index in [9.17, 15) is 33.6 Å². The fraction of sp³-hybridized carbons (Fsp3) is 0.481. The van der Waals surface area contributed by atoms with Gasteiger partial charge in [-0.05, 0) is 37.7 Å². The zero-order valence-corrected chi connectivity index (χ0v) is 26.8. The maximum Gasteiger partial charge on any atom is 0.320 e. The number of carbonyl (C=O) groups excluding carboxylic acids is 2. The molecule has 0 aliphatic carbocycles. The van der Waals surface area contributed by atoms with Crippen molar-refractivity contribution in [3.63, 3.8) is 0 Å². The number of aliphatic imine (C=N–C) groups is 1. The Kier molecular flexibility index (Phi) is 32.1. The van der Waals surface area contributed by atoms with Crippen molar-refractivity contribution in [3.8, 4) is 0 Å². The van der Waals surface area contributed by atoms with Gasteiger partial charge in [-0.25, -0.2) is 0 Å². The van der Waals surface area contributed by atoms with Gasteiger partial charge < -0.3 is 77.1 Å². The second-order valence-electron chi connectivity index (χ2n) is 9.53. The molecule has 0 aliphatic heterocycles. The lowest BCUT2D eigenvalue weighted by molar-refractivity contribution is -0.139. The molecule has 1 aromatic rings. The topological polar surface area (TPSA) is 467 Å². The molecule has 0 fully saturated rings. The standard InChI is InChI=1S/C9H11NO2.C6H14N4O2.2C5H10N2O3.C2H5NO2/c10-8(9(11)12)6-7-4-2-1-3-5-7;7-4(5(11)12)2-1-3-10-6(8)9;2*6-3(5(9)10)1-2-4(7)8;3-1-2(4)5/h1-5,8H,6,10H2,(H,11,12);4H,1-3,7H2,(H,11,12)(H4,8,9,10);2*3H,1-2,6H2,(H2,7,8)(H,9,10);1,3H2,(H,4,5)/t8-;4-;2*3-;/m0000./s1. The van der Waals surface area contributed by atoms with Crippen molar-refractivity contribution in [2.24, 2.45) is 56.6 Å². The summed E-state index contributed by atoms with van der Waals surface area (Å²) in [6, 6.07) is 5.77. The van der Waals surface area contributed by atoms with Crippen molar-refractivity contribution in [2.45, 2.75) is 69.1 Å². The van der Waals surface area contributed by atoms with E-state index in [1.807, 2.05) is 30.3 Å². The molecule has 1 rings (SSSR count). The summed E-state index contributed by atoms with van der Waals surface area (Å²) in [4.78, 5) is 73.8. The number of hydrogen-bond donors (Lipinski definition) is 14. The van der Waals surface area contributed by atoms with Crippen LogP contribution in [0.3, 0.4) is 0 Å². The number of nitrogens with two attached hydrogens (primary N) is 9. The fourth-order valence-electron chi connectivity index (χ4n) is 2.44. The van der Waals surface area contributed by atoms with Crippen molar-refractivity contribution in [3.05, 3.63) is 35.9 Å². The molecule has 49 heavy (non-hydrogen) atoms. The predicted molar refractivity (Wildman–Crippen MR) is 176 cm³/mol. The quantitative estimate of drug-likeness (QED) is 0.0412. The van der Waals surface area contributed by atoms with Crippen LogP contribution >= 0.6 is 0 Å². The molecule has 0 saturated heterocycles. The van der Waals surface area contributed by atoms with E-state index in [2.05, 4.69) is 10.7 Å². The Balaban J connectivity index is -0.000000264. The van der Waals surface area contributed by atoms with E-state index >= 15 is 0 Å². The van der Waals surface area contributed by atoms with Crippen molar-refractivity contribution < 1.29 is 59.1 Å². The molecule has 0 radical (unpaired) electrons. The first-order valence-electron chi connectivity index (χ1n) is 14.1. The molecule has 0 unspecified atom stereocenters. The Bertz CT molecular complexity index is 1130. The molecule has 0 saturated carbocycles. The number of carbonyl (C=O) groups is 7. The molecule has 4 atom stereocenters. The largest absolute Gasteiger partial charge is 0.480 e. The van der Waals surface area contributed by atoms with E-state index in [1.165, 1.54) is 0 Å². The number of carboxylic acids is 5. The molecule has 23 N–H and O–H groups in total. The van der Waals surface area contributed by atoms with Crippen LogP contribution < -0.4 is 51.6 Å². The number of benzene rings is 1. The van der Waals surface area contributed by atoms with E-state index < -0.39 is 65.8 Å². The molecule has 1 aromatic carbocycles. The second kappa shape index (κ2) is 31.2. The van der Waals surface area contributed by atoms with E-state index in [0.29, 0.717) is 25.8 Å². The molecule has 0 aromatic heterocycles. The Morgan fingerprint density at radius 3 is 1.22 bits per heavy atom. The lowest BCUT2D eigenvalue weighted by Crippen LogP contribution is -2.32. The van der Waals surface area contributed by atoms with Gasteiger partial charge in [0.05, 0.1) is 6.54 Å². The van der Waals surface area contributed by atoms with Gasteiger partial charge >= 0.3 is 29.8 Å². The van der Waals surface area contributed by atoms with Crippen LogP contribution in [-0.4, -0.2) is 110 Å². The molecule has 22 nitrogen and oxygen atoms in total. The van der Waals surface area contributed by atoms with Crippen LogP contribution in [-0.2, 0) is 40.0 Å². The van der Waals surface area contributed by atoms with Gasteiger partial charge in [-0.3, -0.25) is 38.6 Å². The van der Waals surface area contributed by atoms with Crippen molar-refractivity contribution in [1.29, 1.82) is 0 Å². The van der Waals surface area contributed by atoms with E-state index in [0.717, 1.165) is 5.56 Å². The second-order valence-corrected chi connectivity index (χ2v) is 9.53. The summed E-state index contributed by atoms with van der Waals surface area (Å²) >= 11 is 0. The van der Waals surface area contributed by atoms with Gasteiger partial charge in [0.15, 0.2) is 5.96 Å². The van der Waals surface area contributed by atoms with Crippen molar-refractivity contribution >= 4 is 47.6 Å². The SMILES string of the molecule is NC(=O)CC[C@H](N)C(=O)O.NC(=O)CC[C@H](N)C(=O)O.NC(N)=NCCC[C@H](N)C(=O)O.NCC(=O)O.N[C@@H](Cc1ccccc1)C(=O)O. The first-order chi connectivity index (χ1) is 22.6. The molecule has 0 bridgehead atoms. The Morgan fingerprint density at radius 1 is 0.592 bits per heavy atom. The molecule has 22 heteroatoms. The monoisotopic (exact) mass is 706 g/mol. The normalized spacial score (nSPS) is 11.9. The van der Waals surface area contributed by atoms with E-state index in [-0.39, 0.29) is 38.2 Å². The summed E-state index contributed by atoms with van der Waals surface area (Å²) in [5.74, 6) is -6.20. The Morgan fingerprint density at radius 2 is 0.939 bits per heavy atom. The number of guanidine groups is 1. The zero-order valence-electron chi connectivity index (χ0n) is 26.8. The van der Waals surface area contributed by atoms with Crippen LogP contribution in [0.25, 0.3) is 0 Å². The number of amides is 2. The highest BCUT2D eigenvalue weighted by Gasteiger charge is 2.13. The number of nitrogens with zero attached hydrogens (tertiary/aromatic N) is 1. The third-order valence-electron chi connectivity index (χ3n) is 5.11. The summed E-state index contributed by atoms with van der Waals surface area (Å²) < 4.78 is 0. The predicted octanol–water partition coefficient (Wildman–Crippen LogP) is -4.55. The summed E-state index contributed by atoms with van der Waals surface area (Å²) in [5, 5.41) is 40.9. The number of primary amides is 2. The third-order valence-corrected chi connectivity index (χ3v) is 5.11. The Labute approximate surface area is 281 Å². The molecule has 0 heterocycles. The highest BCUT2D eigenvalue weighted by molar-refractivity contribution is 5.78. The van der Waals surface area contributed by atoms with Crippen LogP contribution in [0.4, 0.5) is 0 Å². The highest BCUT2D eigenvalue weighted by atomic mass is 16.4. The van der Waals surface area contributed by atoms with Gasteiger partial charge in [-0.1, -0.05) is 30.3 Å². The average Bonchev–Trinajstić information content (AvgIpc) is 3.01. The summed E-state index contributed by atoms with van der Waals surface area (Å²) in [6.07, 6.45) is 1.59. The first kappa shape index (κ1) is 50.4. The summed E-state index contributed by atoms with van der Waals surface area (Å²) in [6.45, 7) is 0.142. The average molecular weight is 707 g/mol. The van der Waals surface area contributed by atoms with E-state index in [1.54, 1.807) is 0 Å². The highest BCUT2D eigenvalue weighted by Crippen LogP contribution is 2.01. The van der Waals surface area contributed by atoms with Crippen LogP contribution in [0.15, 0.2) is 35.3 Å². The number of hydrogen-bond acceptors (Lipinski definition) is 13. The van der Waals surface area contributed by atoms with Gasteiger partial charge in [0.25, 0.3) is 0 Å². The van der Waals surface area contributed by atoms with Crippen LogP contribution in [0.1, 0.15) is 44.1 Å². The van der Waals surface area contributed by atoms with Crippen molar-refractivity contribution in [1.82, 2.24) is 0 Å². The number of rotatable bonds is 17. The van der Waals surface area contributed by atoms with Crippen molar-refractivity contribution in [2.75, 3.05) is 13.1 Å². The minimum atomic E-state index is -1.11. The zero-order chi connectivity index (χ0) is 39.1. The molecule has 0 aliphatic rings. The third kappa shape index (κ3) is 40.6. The molecule has 0 spiro atoms. The lowest BCUT2D eigenvalue weighted by atomic mass is 10.1. The van der Waals surface area contributed by atoms with Gasteiger partial charge in [0.2, 0.25) is 11.8 Å². The minimum absolute atomic E-state index is 0.0129. The number of aliphatic carboxylic acids is 5. The fourth-order valence-corrected chi connectivity index (χ4v) is 2.44. The van der Waals surface area contributed by atoms with E-state index in [4.69, 9.17) is 71.4 Å². The maximum atomic E-state index is 10.4. The molecular weight excluding hydrogens is 656 g/mol. The van der Waals surface area contributed by atoms with Crippen LogP contribution in [0.2, 0.25) is 0 Å². The van der Waals surface area contributed by atoms with Gasteiger partial charge in [-0.2, -0.15) is 0 Å². The minimum Gasteiger partial charge on any atom is -0.480 e. The smallest absolute Gasteiger partial charge is 0.320 e. The summed E-state index contributed by atoms with van der Waals surface area (Å²) in [5.41, 5.74) is 45.8. The molecular formula is C27H50N10O12. The summed E-state index contributed by atoms with van der Waals surface area (Å²) in [7, 11) is 0. The first-order valence-corrected chi connectivity index (χ1v) is 14.1.